The minimum absolute atomic E-state index is 0.00359. The lowest BCUT2D eigenvalue weighted by Gasteiger charge is -2.26. The topological polar surface area (TPSA) is 79.6 Å². The first-order chi connectivity index (χ1) is 12.3. The third-order valence-electron chi connectivity index (χ3n) is 4.47. The zero-order valence-corrected chi connectivity index (χ0v) is 15.3. The summed E-state index contributed by atoms with van der Waals surface area (Å²) in [4.78, 5) is 14.2. The number of carbonyl (C=O) groups is 1. The van der Waals surface area contributed by atoms with E-state index in [1.807, 2.05) is 0 Å². The highest BCUT2D eigenvalue weighted by Gasteiger charge is 2.33. The van der Waals surface area contributed by atoms with Crippen molar-refractivity contribution in [1.82, 2.24) is 4.90 Å². The maximum atomic E-state index is 13.6. The van der Waals surface area contributed by atoms with Gasteiger partial charge in [-0.2, -0.15) is 0 Å². The molecule has 26 heavy (non-hydrogen) atoms. The molecular weight excluding hydrogens is 359 g/mol. The smallest absolute Gasteiger partial charge is 0.238 e. The molecule has 0 saturated carbocycles. The molecule has 1 aliphatic heterocycles. The summed E-state index contributed by atoms with van der Waals surface area (Å²) in [7, 11) is -3.08. The second kappa shape index (κ2) is 7.59. The molecule has 1 aliphatic rings. The second-order valence-electron chi connectivity index (χ2n) is 6.55. The first kappa shape index (κ1) is 18.6. The Hall–Kier alpha value is -2.19. The van der Waals surface area contributed by atoms with Gasteiger partial charge in [0.1, 0.15) is 11.6 Å². The molecule has 0 spiro atoms. The Morgan fingerprint density at radius 1 is 1.38 bits per heavy atom. The molecule has 1 fully saturated rings. The molecule has 0 aliphatic carbocycles. The van der Waals surface area contributed by atoms with Gasteiger partial charge in [0.25, 0.3) is 0 Å². The molecule has 2 heterocycles. The van der Waals surface area contributed by atoms with Crippen molar-refractivity contribution in [2.45, 2.75) is 25.9 Å². The van der Waals surface area contributed by atoms with E-state index < -0.39 is 15.7 Å². The van der Waals surface area contributed by atoms with Crippen LogP contribution in [0.3, 0.4) is 0 Å². The number of hydrogen-bond donors (Lipinski definition) is 1. The Morgan fingerprint density at radius 3 is 2.81 bits per heavy atom. The van der Waals surface area contributed by atoms with Gasteiger partial charge in [0.05, 0.1) is 30.9 Å². The van der Waals surface area contributed by atoms with E-state index in [4.69, 9.17) is 4.42 Å². The van der Waals surface area contributed by atoms with Crippen LogP contribution >= 0.6 is 0 Å². The molecule has 0 radical (unpaired) electrons. The van der Waals surface area contributed by atoms with Crippen LogP contribution in [0.4, 0.5) is 10.1 Å². The number of nitrogens with zero attached hydrogens (tertiary/aromatic N) is 1. The normalized spacial score (nSPS) is 19.0. The fourth-order valence-electron chi connectivity index (χ4n) is 3.04. The van der Waals surface area contributed by atoms with E-state index in [1.54, 1.807) is 36.1 Å². The van der Waals surface area contributed by atoms with Gasteiger partial charge in [-0.25, -0.2) is 12.8 Å². The lowest BCUT2D eigenvalue weighted by Crippen LogP contribution is -2.41. The second-order valence-corrected chi connectivity index (χ2v) is 8.78. The van der Waals surface area contributed by atoms with E-state index >= 15 is 0 Å². The summed E-state index contributed by atoms with van der Waals surface area (Å²) in [6.45, 7) is 1.98. The van der Waals surface area contributed by atoms with Gasteiger partial charge in [-0.3, -0.25) is 9.69 Å². The van der Waals surface area contributed by atoms with Crippen LogP contribution in [0.15, 0.2) is 41.0 Å². The number of furan rings is 1. The molecule has 1 atom stereocenters. The molecular formula is C18H21FN2O4S. The average molecular weight is 380 g/mol. The summed E-state index contributed by atoms with van der Waals surface area (Å²) in [6.07, 6.45) is 2.02. The van der Waals surface area contributed by atoms with Crippen molar-refractivity contribution in [2.24, 2.45) is 0 Å². The van der Waals surface area contributed by atoms with Crippen LogP contribution in [-0.2, 0) is 21.2 Å². The number of anilines is 1. The van der Waals surface area contributed by atoms with Crippen molar-refractivity contribution in [2.75, 3.05) is 23.4 Å². The molecule has 0 bridgehead atoms. The number of aryl methyl sites for hydroxylation is 1. The maximum absolute atomic E-state index is 13.6. The third-order valence-corrected chi connectivity index (χ3v) is 6.22. The summed E-state index contributed by atoms with van der Waals surface area (Å²) in [5.41, 5.74) is 0.869. The fourth-order valence-corrected chi connectivity index (χ4v) is 4.80. The molecule has 3 rings (SSSR count). The maximum Gasteiger partial charge on any atom is 0.238 e. The predicted octanol–water partition coefficient (Wildman–Crippen LogP) is 2.35. The van der Waals surface area contributed by atoms with Gasteiger partial charge in [-0.1, -0.05) is 6.07 Å². The number of sulfone groups is 1. The zero-order chi connectivity index (χ0) is 18.7. The van der Waals surface area contributed by atoms with Gasteiger partial charge < -0.3 is 9.73 Å². The molecule has 1 saturated heterocycles. The number of nitrogens with one attached hydrogen (secondary N) is 1. The average Bonchev–Trinajstić information content (AvgIpc) is 3.19. The third kappa shape index (κ3) is 4.70. The summed E-state index contributed by atoms with van der Waals surface area (Å²) in [6, 6.07) is 7.77. The molecule has 1 N–H and O–H groups in total. The van der Waals surface area contributed by atoms with Crippen LogP contribution in [0.1, 0.15) is 17.7 Å². The molecule has 0 unspecified atom stereocenters. The standard InChI is InChI=1S/C18H21FN2O4S/c1-13-4-5-14(9-17(13)19)20-18(22)11-21(10-16-3-2-7-25-16)15-6-8-26(23,24)12-15/h2-5,7,9,15H,6,8,10-12H2,1H3,(H,20,22)/t15-/m1/s1. The summed E-state index contributed by atoms with van der Waals surface area (Å²) < 4.78 is 42.6. The van der Waals surface area contributed by atoms with Crippen LogP contribution < -0.4 is 5.32 Å². The van der Waals surface area contributed by atoms with E-state index in [9.17, 15) is 17.6 Å². The molecule has 1 amide bonds. The van der Waals surface area contributed by atoms with Gasteiger partial charge in [0, 0.05) is 11.7 Å². The first-order valence-corrected chi connectivity index (χ1v) is 10.2. The molecule has 6 nitrogen and oxygen atoms in total. The van der Waals surface area contributed by atoms with Crippen LogP contribution in [-0.4, -0.2) is 43.3 Å². The van der Waals surface area contributed by atoms with Crippen LogP contribution in [0, 0.1) is 12.7 Å². The highest BCUT2D eigenvalue weighted by atomic mass is 32.2. The van der Waals surface area contributed by atoms with Crippen LogP contribution in [0.5, 0.6) is 0 Å². The number of rotatable bonds is 6. The van der Waals surface area contributed by atoms with E-state index in [0.29, 0.717) is 30.0 Å². The van der Waals surface area contributed by atoms with Crippen molar-refractivity contribution in [3.05, 3.63) is 53.7 Å². The highest BCUT2D eigenvalue weighted by Crippen LogP contribution is 2.21. The van der Waals surface area contributed by atoms with Gasteiger partial charge in [-0.15, -0.1) is 0 Å². The Bertz CT molecular complexity index is 881. The first-order valence-electron chi connectivity index (χ1n) is 8.35. The molecule has 1 aromatic carbocycles. The zero-order valence-electron chi connectivity index (χ0n) is 14.4. The molecule has 2 aromatic rings. The SMILES string of the molecule is Cc1ccc(NC(=O)CN(Cc2ccco2)[C@@H]2CCS(=O)(=O)C2)cc1F. The number of hydrogen-bond acceptors (Lipinski definition) is 5. The van der Waals surface area contributed by atoms with Crippen LogP contribution in [0.2, 0.25) is 0 Å². The number of benzene rings is 1. The lowest BCUT2D eigenvalue weighted by atomic mass is 10.2. The van der Waals surface area contributed by atoms with E-state index in [0.717, 1.165) is 0 Å². The van der Waals surface area contributed by atoms with Crippen molar-refractivity contribution in [3.63, 3.8) is 0 Å². The van der Waals surface area contributed by atoms with Gasteiger partial charge in [0.15, 0.2) is 9.84 Å². The van der Waals surface area contributed by atoms with Crippen LogP contribution in [0.25, 0.3) is 0 Å². The number of carbonyl (C=O) groups excluding carboxylic acids is 1. The van der Waals surface area contributed by atoms with Gasteiger partial charge in [0.2, 0.25) is 5.91 Å². The van der Waals surface area contributed by atoms with Crippen molar-refractivity contribution in [3.8, 4) is 0 Å². The molecule has 8 heteroatoms. The van der Waals surface area contributed by atoms with Crippen molar-refractivity contribution < 1.29 is 22.0 Å². The number of halogens is 1. The minimum Gasteiger partial charge on any atom is -0.468 e. The largest absolute Gasteiger partial charge is 0.468 e. The molecule has 140 valence electrons. The van der Waals surface area contributed by atoms with Crippen molar-refractivity contribution in [1.29, 1.82) is 0 Å². The molecule has 1 aromatic heterocycles. The van der Waals surface area contributed by atoms with E-state index in [2.05, 4.69) is 5.32 Å². The predicted molar refractivity (Wildman–Crippen MR) is 95.9 cm³/mol. The highest BCUT2D eigenvalue weighted by molar-refractivity contribution is 7.91. The Morgan fingerprint density at radius 2 is 2.19 bits per heavy atom. The van der Waals surface area contributed by atoms with E-state index in [1.165, 1.54) is 12.3 Å². The Balaban J connectivity index is 1.69. The number of amides is 1. The van der Waals surface area contributed by atoms with Gasteiger partial charge in [-0.05, 0) is 43.2 Å². The summed E-state index contributed by atoms with van der Waals surface area (Å²) >= 11 is 0. The Labute approximate surface area is 151 Å². The summed E-state index contributed by atoms with van der Waals surface area (Å²) in [5.74, 6) is 0.0850. The Kier molecular flexibility index (Phi) is 5.43. The van der Waals surface area contributed by atoms with Gasteiger partial charge >= 0.3 is 0 Å². The monoisotopic (exact) mass is 380 g/mol. The van der Waals surface area contributed by atoms with Crippen molar-refractivity contribution >= 4 is 21.4 Å². The quantitative estimate of drug-likeness (QED) is 0.832. The lowest BCUT2D eigenvalue weighted by molar-refractivity contribution is -0.118. The van der Waals surface area contributed by atoms with E-state index in [-0.39, 0.29) is 30.0 Å². The fraction of sp³-hybridized carbons (Fsp3) is 0.389. The summed E-state index contributed by atoms with van der Waals surface area (Å²) in [5, 5.41) is 2.66. The minimum atomic E-state index is -3.08.